The molecule has 0 bridgehead atoms. The van der Waals surface area contributed by atoms with Crippen LogP contribution in [0.2, 0.25) is 0 Å². The number of ether oxygens (including phenoxy) is 1. The molecule has 170 valence electrons. The molecule has 0 aromatic heterocycles. The molecule has 2 aromatic carbocycles. The van der Waals surface area contributed by atoms with Gasteiger partial charge in [0.05, 0.1) is 6.61 Å². The second-order valence-electron chi connectivity index (χ2n) is 8.05. The topological polar surface area (TPSA) is 48.9 Å². The van der Waals surface area contributed by atoms with E-state index in [1.807, 2.05) is 14.0 Å². The minimum Gasteiger partial charge on any atom is -0.377 e. The second-order valence-corrected chi connectivity index (χ2v) is 8.05. The standard InChI is InChI=1S/C25H36N4O.HI/c1-4-30-19-23-12-10-21(11-13-23)17-27-25(26-3)28-24-14-15-29(20(2)16-24)18-22-8-6-5-7-9-22;/h5-13,20,24H,4,14-19H2,1-3H3,(H2,26,27,28);1H. The third-order valence-corrected chi connectivity index (χ3v) is 5.76. The van der Waals surface area contributed by atoms with Crippen molar-refractivity contribution in [2.75, 3.05) is 20.2 Å². The van der Waals surface area contributed by atoms with Gasteiger partial charge in [0.25, 0.3) is 0 Å². The summed E-state index contributed by atoms with van der Waals surface area (Å²) in [4.78, 5) is 7.00. The number of rotatable bonds is 8. The van der Waals surface area contributed by atoms with Crippen LogP contribution in [0.3, 0.4) is 0 Å². The fourth-order valence-corrected chi connectivity index (χ4v) is 3.95. The lowest BCUT2D eigenvalue weighted by molar-refractivity contribution is 0.134. The Morgan fingerprint density at radius 3 is 2.42 bits per heavy atom. The number of halogens is 1. The van der Waals surface area contributed by atoms with E-state index in [-0.39, 0.29) is 24.0 Å². The maximum absolute atomic E-state index is 5.46. The maximum Gasteiger partial charge on any atom is 0.191 e. The van der Waals surface area contributed by atoms with Gasteiger partial charge in [-0.3, -0.25) is 9.89 Å². The van der Waals surface area contributed by atoms with Crippen molar-refractivity contribution in [1.29, 1.82) is 0 Å². The van der Waals surface area contributed by atoms with Gasteiger partial charge in [-0.25, -0.2) is 0 Å². The van der Waals surface area contributed by atoms with Crippen molar-refractivity contribution in [2.24, 2.45) is 4.99 Å². The van der Waals surface area contributed by atoms with Crippen molar-refractivity contribution in [3.05, 3.63) is 71.3 Å². The lowest BCUT2D eigenvalue weighted by atomic mass is 9.97. The molecule has 1 saturated heterocycles. The highest BCUT2D eigenvalue weighted by Gasteiger charge is 2.25. The predicted molar refractivity (Wildman–Crippen MR) is 140 cm³/mol. The summed E-state index contributed by atoms with van der Waals surface area (Å²) >= 11 is 0. The molecule has 6 heteroatoms. The van der Waals surface area contributed by atoms with Crippen LogP contribution in [-0.2, 0) is 24.4 Å². The number of hydrogen-bond donors (Lipinski definition) is 2. The van der Waals surface area contributed by atoms with Gasteiger partial charge in [0.15, 0.2) is 5.96 Å². The quantitative estimate of drug-likeness (QED) is 0.295. The lowest BCUT2D eigenvalue weighted by Crippen LogP contribution is -2.51. The van der Waals surface area contributed by atoms with Crippen LogP contribution >= 0.6 is 24.0 Å². The fourth-order valence-electron chi connectivity index (χ4n) is 3.95. The van der Waals surface area contributed by atoms with Crippen LogP contribution in [0.25, 0.3) is 0 Å². The molecule has 0 spiro atoms. The number of nitrogens with zero attached hydrogens (tertiary/aromatic N) is 2. The van der Waals surface area contributed by atoms with E-state index < -0.39 is 0 Å². The van der Waals surface area contributed by atoms with Gasteiger partial charge in [-0.1, -0.05) is 54.6 Å². The largest absolute Gasteiger partial charge is 0.377 e. The Labute approximate surface area is 204 Å². The molecule has 0 radical (unpaired) electrons. The summed E-state index contributed by atoms with van der Waals surface area (Å²) in [6.07, 6.45) is 2.25. The molecule has 1 aliphatic heterocycles. The zero-order valence-corrected chi connectivity index (χ0v) is 21.3. The summed E-state index contributed by atoms with van der Waals surface area (Å²) in [5, 5.41) is 7.08. The van der Waals surface area contributed by atoms with Crippen molar-refractivity contribution < 1.29 is 4.74 Å². The molecule has 0 aliphatic carbocycles. The predicted octanol–water partition coefficient (Wildman–Crippen LogP) is 4.56. The van der Waals surface area contributed by atoms with Crippen molar-refractivity contribution >= 4 is 29.9 Å². The van der Waals surface area contributed by atoms with Gasteiger partial charge >= 0.3 is 0 Å². The molecular formula is C25H37IN4O. The number of piperidine rings is 1. The fraction of sp³-hybridized carbons (Fsp3) is 0.480. The molecule has 1 aliphatic rings. The SMILES string of the molecule is CCOCc1ccc(CNC(=NC)NC2CCN(Cc3ccccc3)C(C)C2)cc1.I. The molecule has 0 amide bonds. The Kier molecular flexibility index (Phi) is 11.3. The third kappa shape index (κ3) is 8.43. The normalized spacial score (nSPS) is 19.5. The highest BCUT2D eigenvalue weighted by molar-refractivity contribution is 14.0. The first-order chi connectivity index (χ1) is 14.7. The molecule has 3 rings (SSSR count). The zero-order chi connectivity index (χ0) is 21.2. The van der Waals surface area contributed by atoms with Crippen LogP contribution < -0.4 is 10.6 Å². The summed E-state index contributed by atoms with van der Waals surface area (Å²) in [5.74, 6) is 0.877. The molecule has 2 aromatic rings. The Hall–Kier alpha value is -1.64. The first kappa shape index (κ1) is 25.6. The van der Waals surface area contributed by atoms with E-state index in [1.165, 1.54) is 16.7 Å². The maximum atomic E-state index is 5.46. The van der Waals surface area contributed by atoms with Crippen molar-refractivity contribution in [1.82, 2.24) is 15.5 Å². The van der Waals surface area contributed by atoms with Crippen LogP contribution in [0.4, 0.5) is 0 Å². The molecular weight excluding hydrogens is 499 g/mol. The van der Waals surface area contributed by atoms with E-state index in [0.29, 0.717) is 18.7 Å². The van der Waals surface area contributed by atoms with Crippen LogP contribution in [0.5, 0.6) is 0 Å². The number of nitrogens with one attached hydrogen (secondary N) is 2. The van der Waals surface area contributed by atoms with Crippen molar-refractivity contribution in [3.63, 3.8) is 0 Å². The van der Waals surface area contributed by atoms with E-state index in [0.717, 1.165) is 45.0 Å². The molecule has 5 nitrogen and oxygen atoms in total. The minimum atomic E-state index is 0. The van der Waals surface area contributed by atoms with Crippen molar-refractivity contribution in [3.8, 4) is 0 Å². The number of benzene rings is 2. The average molecular weight is 537 g/mol. The minimum absolute atomic E-state index is 0. The third-order valence-electron chi connectivity index (χ3n) is 5.76. The van der Waals surface area contributed by atoms with E-state index in [9.17, 15) is 0 Å². The zero-order valence-electron chi connectivity index (χ0n) is 19.0. The number of hydrogen-bond acceptors (Lipinski definition) is 3. The van der Waals surface area contributed by atoms with E-state index in [4.69, 9.17) is 4.74 Å². The molecule has 2 unspecified atom stereocenters. The van der Waals surface area contributed by atoms with Crippen LogP contribution in [0, 0.1) is 0 Å². The smallest absolute Gasteiger partial charge is 0.191 e. The van der Waals surface area contributed by atoms with Gasteiger partial charge in [0.1, 0.15) is 0 Å². The Morgan fingerprint density at radius 2 is 1.77 bits per heavy atom. The Balaban J connectivity index is 0.00000341. The monoisotopic (exact) mass is 536 g/mol. The number of aliphatic imine (C=N–C) groups is 1. The molecule has 1 heterocycles. The second kappa shape index (κ2) is 13.7. The van der Waals surface area contributed by atoms with Gasteiger partial charge in [-0.05, 0) is 43.4 Å². The molecule has 2 N–H and O–H groups in total. The van der Waals surface area contributed by atoms with Gasteiger partial charge in [-0.15, -0.1) is 24.0 Å². The van der Waals surface area contributed by atoms with Crippen LogP contribution in [0.15, 0.2) is 59.6 Å². The molecule has 31 heavy (non-hydrogen) atoms. The van der Waals surface area contributed by atoms with Crippen LogP contribution in [-0.4, -0.2) is 43.1 Å². The summed E-state index contributed by atoms with van der Waals surface area (Å²) < 4.78 is 5.46. The summed E-state index contributed by atoms with van der Waals surface area (Å²) in [7, 11) is 1.84. The molecule has 2 atom stereocenters. The Morgan fingerprint density at radius 1 is 1.06 bits per heavy atom. The van der Waals surface area contributed by atoms with Gasteiger partial charge < -0.3 is 15.4 Å². The number of guanidine groups is 1. The van der Waals surface area contributed by atoms with Crippen LogP contribution in [0.1, 0.15) is 43.4 Å². The van der Waals surface area contributed by atoms with Crippen molar-refractivity contribution in [2.45, 2.75) is 58.5 Å². The van der Waals surface area contributed by atoms with Gasteiger partial charge in [-0.2, -0.15) is 0 Å². The van der Waals surface area contributed by atoms with E-state index in [2.05, 4.69) is 82.0 Å². The van der Waals surface area contributed by atoms with E-state index >= 15 is 0 Å². The van der Waals surface area contributed by atoms with Gasteiger partial charge in [0.2, 0.25) is 0 Å². The number of likely N-dealkylation sites (tertiary alicyclic amines) is 1. The summed E-state index contributed by atoms with van der Waals surface area (Å²) in [6.45, 7) is 8.66. The molecule has 0 saturated carbocycles. The highest BCUT2D eigenvalue weighted by Crippen LogP contribution is 2.20. The first-order valence-corrected chi connectivity index (χ1v) is 11.1. The highest BCUT2D eigenvalue weighted by atomic mass is 127. The average Bonchev–Trinajstić information content (AvgIpc) is 2.78. The summed E-state index contributed by atoms with van der Waals surface area (Å²) in [6, 6.07) is 20.3. The Bertz CT molecular complexity index is 782. The van der Waals surface area contributed by atoms with E-state index in [1.54, 1.807) is 0 Å². The summed E-state index contributed by atoms with van der Waals surface area (Å²) in [5.41, 5.74) is 3.84. The lowest BCUT2D eigenvalue weighted by Gasteiger charge is -2.38. The van der Waals surface area contributed by atoms with Gasteiger partial charge in [0, 0.05) is 45.4 Å². The molecule has 1 fully saturated rings. The first-order valence-electron chi connectivity index (χ1n) is 11.1.